The molecule has 17 heavy (non-hydrogen) atoms. The first kappa shape index (κ1) is 14.9. The van der Waals surface area contributed by atoms with Crippen molar-refractivity contribution in [1.29, 1.82) is 0 Å². The molecular formula is C12H18BrClN2O. The Morgan fingerprint density at radius 3 is 2.82 bits per heavy atom. The van der Waals surface area contributed by atoms with E-state index >= 15 is 0 Å². The van der Waals surface area contributed by atoms with Crippen LogP contribution < -0.4 is 11.1 Å². The van der Waals surface area contributed by atoms with Gasteiger partial charge in [-0.1, -0.05) is 27.5 Å². The van der Waals surface area contributed by atoms with E-state index in [1.165, 1.54) is 0 Å². The fraction of sp³-hybridized carbons (Fsp3) is 0.500. The van der Waals surface area contributed by atoms with E-state index in [1.54, 1.807) is 0 Å². The minimum Gasteiger partial charge on any atom is -0.396 e. The van der Waals surface area contributed by atoms with Crippen LogP contribution in [0, 0.1) is 0 Å². The van der Waals surface area contributed by atoms with Gasteiger partial charge < -0.3 is 16.2 Å². The van der Waals surface area contributed by atoms with Gasteiger partial charge in [0.25, 0.3) is 0 Å². The number of nitrogens with one attached hydrogen (secondary N) is 1. The fourth-order valence-electron chi connectivity index (χ4n) is 1.61. The normalized spacial score (nSPS) is 12.7. The van der Waals surface area contributed by atoms with Gasteiger partial charge >= 0.3 is 0 Å². The van der Waals surface area contributed by atoms with Gasteiger partial charge in [-0.15, -0.1) is 0 Å². The first-order valence-electron chi connectivity index (χ1n) is 5.68. The van der Waals surface area contributed by atoms with Gasteiger partial charge in [0.05, 0.1) is 0 Å². The van der Waals surface area contributed by atoms with Crippen molar-refractivity contribution in [2.45, 2.75) is 18.9 Å². The van der Waals surface area contributed by atoms with Crippen molar-refractivity contribution in [2.75, 3.05) is 19.7 Å². The lowest BCUT2D eigenvalue weighted by Crippen LogP contribution is -2.29. The number of hydrogen-bond donors (Lipinski definition) is 3. The molecule has 0 bridgehead atoms. The van der Waals surface area contributed by atoms with Gasteiger partial charge in [-0.3, -0.25) is 0 Å². The summed E-state index contributed by atoms with van der Waals surface area (Å²) in [6, 6.07) is 5.81. The Labute approximate surface area is 115 Å². The van der Waals surface area contributed by atoms with Crippen molar-refractivity contribution >= 4 is 27.5 Å². The molecule has 0 amide bonds. The molecule has 0 fully saturated rings. The standard InChI is InChI=1S/C12H18BrClN2O/c13-9-3-4-11(14)10(7-9)12(8-15)16-5-1-2-6-17/h3-4,7,12,16-17H,1-2,5-6,8,15H2. The lowest BCUT2D eigenvalue weighted by Gasteiger charge is -2.18. The molecule has 0 saturated carbocycles. The zero-order valence-corrected chi connectivity index (χ0v) is 12.0. The van der Waals surface area contributed by atoms with Gasteiger partial charge in [0.1, 0.15) is 0 Å². The van der Waals surface area contributed by atoms with E-state index < -0.39 is 0 Å². The number of rotatable bonds is 7. The zero-order valence-electron chi connectivity index (χ0n) is 9.63. The number of unbranched alkanes of at least 4 members (excludes halogenated alkanes) is 1. The number of aliphatic hydroxyl groups excluding tert-OH is 1. The molecule has 1 unspecified atom stereocenters. The summed E-state index contributed by atoms with van der Waals surface area (Å²) in [5.41, 5.74) is 6.76. The van der Waals surface area contributed by atoms with Crippen molar-refractivity contribution in [3.05, 3.63) is 33.3 Å². The monoisotopic (exact) mass is 320 g/mol. The average molecular weight is 322 g/mol. The van der Waals surface area contributed by atoms with Crippen LogP contribution in [0.1, 0.15) is 24.4 Å². The number of halogens is 2. The molecule has 1 aromatic rings. The lowest BCUT2D eigenvalue weighted by molar-refractivity contribution is 0.282. The zero-order chi connectivity index (χ0) is 12.7. The molecule has 1 rings (SSSR count). The van der Waals surface area contributed by atoms with E-state index in [0.717, 1.165) is 34.4 Å². The highest BCUT2D eigenvalue weighted by atomic mass is 79.9. The van der Waals surface area contributed by atoms with Gasteiger partial charge in [0.15, 0.2) is 0 Å². The first-order valence-corrected chi connectivity index (χ1v) is 6.85. The predicted octanol–water partition coefficient (Wildman–Crippen LogP) is 2.46. The summed E-state index contributed by atoms with van der Waals surface area (Å²) in [5.74, 6) is 0. The summed E-state index contributed by atoms with van der Waals surface area (Å²) in [4.78, 5) is 0. The van der Waals surface area contributed by atoms with E-state index in [0.29, 0.717) is 6.54 Å². The predicted molar refractivity (Wildman–Crippen MR) is 75.3 cm³/mol. The molecular weight excluding hydrogens is 304 g/mol. The SMILES string of the molecule is NCC(NCCCCO)c1cc(Br)ccc1Cl. The molecule has 1 aromatic carbocycles. The second-order valence-electron chi connectivity index (χ2n) is 3.84. The maximum Gasteiger partial charge on any atom is 0.0459 e. The third-order valence-electron chi connectivity index (χ3n) is 2.54. The van der Waals surface area contributed by atoms with Gasteiger partial charge in [-0.2, -0.15) is 0 Å². The van der Waals surface area contributed by atoms with Crippen molar-refractivity contribution in [2.24, 2.45) is 5.73 Å². The lowest BCUT2D eigenvalue weighted by atomic mass is 10.1. The van der Waals surface area contributed by atoms with E-state index in [9.17, 15) is 0 Å². The van der Waals surface area contributed by atoms with Crippen LogP contribution in [0.5, 0.6) is 0 Å². The highest BCUT2D eigenvalue weighted by Gasteiger charge is 2.12. The Balaban J connectivity index is 2.62. The van der Waals surface area contributed by atoms with Crippen molar-refractivity contribution < 1.29 is 5.11 Å². The molecule has 3 nitrogen and oxygen atoms in total. The van der Waals surface area contributed by atoms with Crippen LogP contribution >= 0.6 is 27.5 Å². The molecule has 0 spiro atoms. The average Bonchev–Trinajstić information content (AvgIpc) is 2.33. The molecule has 0 saturated heterocycles. The summed E-state index contributed by atoms with van der Waals surface area (Å²) < 4.78 is 0.993. The van der Waals surface area contributed by atoms with Crippen LogP contribution in [0.15, 0.2) is 22.7 Å². The largest absolute Gasteiger partial charge is 0.396 e. The van der Waals surface area contributed by atoms with Crippen molar-refractivity contribution in [1.82, 2.24) is 5.32 Å². The molecule has 0 aliphatic heterocycles. The molecule has 5 heteroatoms. The highest BCUT2D eigenvalue weighted by molar-refractivity contribution is 9.10. The summed E-state index contributed by atoms with van der Waals surface area (Å²) in [7, 11) is 0. The van der Waals surface area contributed by atoms with Crippen LogP contribution in [0.4, 0.5) is 0 Å². The molecule has 0 aromatic heterocycles. The number of aliphatic hydroxyl groups is 1. The minimum atomic E-state index is 0.0543. The molecule has 0 aliphatic rings. The minimum absolute atomic E-state index is 0.0543. The third kappa shape index (κ3) is 4.94. The fourth-order valence-corrected chi connectivity index (χ4v) is 2.24. The Kier molecular flexibility index (Phi) is 7.08. The van der Waals surface area contributed by atoms with Gasteiger partial charge in [0, 0.05) is 28.7 Å². The van der Waals surface area contributed by atoms with Crippen LogP contribution in [0.2, 0.25) is 5.02 Å². The van der Waals surface area contributed by atoms with Crippen LogP contribution in [-0.4, -0.2) is 24.8 Å². The molecule has 0 aliphatic carbocycles. The van der Waals surface area contributed by atoms with Crippen LogP contribution in [0.25, 0.3) is 0 Å². The van der Waals surface area contributed by atoms with Gasteiger partial charge in [-0.05, 0) is 43.1 Å². The van der Waals surface area contributed by atoms with E-state index in [1.807, 2.05) is 18.2 Å². The maximum absolute atomic E-state index is 8.71. The summed E-state index contributed by atoms with van der Waals surface area (Å²) in [5, 5.41) is 12.8. The Hall–Kier alpha value is -0.130. The topological polar surface area (TPSA) is 58.3 Å². The first-order chi connectivity index (χ1) is 8.19. The Morgan fingerprint density at radius 1 is 1.41 bits per heavy atom. The van der Waals surface area contributed by atoms with Crippen LogP contribution in [0.3, 0.4) is 0 Å². The number of nitrogens with two attached hydrogens (primary N) is 1. The molecule has 0 radical (unpaired) electrons. The summed E-state index contributed by atoms with van der Waals surface area (Å²) in [6.45, 7) is 1.55. The number of benzene rings is 1. The second kappa shape index (κ2) is 8.06. The van der Waals surface area contributed by atoms with Gasteiger partial charge in [0.2, 0.25) is 0 Å². The smallest absolute Gasteiger partial charge is 0.0459 e. The Morgan fingerprint density at radius 2 is 2.18 bits per heavy atom. The quantitative estimate of drug-likeness (QED) is 0.676. The van der Waals surface area contributed by atoms with Gasteiger partial charge in [-0.25, -0.2) is 0 Å². The third-order valence-corrected chi connectivity index (χ3v) is 3.38. The molecule has 4 N–H and O–H groups in total. The van der Waals surface area contributed by atoms with Crippen molar-refractivity contribution in [3.8, 4) is 0 Å². The van der Waals surface area contributed by atoms with E-state index in [4.69, 9.17) is 22.4 Å². The Bertz CT molecular complexity index is 349. The molecule has 0 heterocycles. The highest BCUT2D eigenvalue weighted by Crippen LogP contribution is 2.26. The van der Waals surface area contributed by atoms with Crippen LogP contribution in [-0.2, 0) is 0 Å². The summed E-state index contributed by atoms with van der Waals surface area (Å²) in [6.07, 6.45) is 1.73. The number of hydrogen-bond acceptors (Lipinski definition) is 3. The molecule has 1 atom stereocenters. The second-order valence-corrected chi connectivity index (χ2v) is 5.16. The van der Waals surface area contributed by atoms with E-state index in [-0.39, 0.29) is 12.6 Å². The maximum atomic E-state index is 8.71. The van der Waals surface area contributed by atoms with Crippen molar-refractivity contribution in [3.63, 3.8) is 0 Å². The molecule has 96 valence electrons. The summed E-state index contributed by atoms with van der Waals surface area (Å²) >= 11 is 9.58. The van der Waals surface area contributed by atoms with E-state index in [2.05, 4.69) is 21.2 Å².